The van der Waals surface area contributed by atoms with Crippen LogP contribution >= 0.6 is 25.5 Å². The third-order valence-corrected chi connectivity index (χ3v) is 23.8. The van der Waals surface area contributed by atoms with Gasteiger partial charge in [-0.1, -0.05) is 38.5 Å². The van der Waals surface area contributed by atoms with E-state index in [9.17, 15) is 0 Å². The van der Waals surface area contributed by atoms with Gasteiger partial charge in [0.05, 0.1) is 34.0 Å². The van der Waals surface area contributed by atoms with Crippen molar-refractivity contribution in [3.05, 3.63) is 43.3 Å². The van der Waals surface area contributed by atoms with Crippen LogP contribution in [0.4, 0.5) is 0 Å². The van der Waals surface area contributed by atoms with Crippen molar-refractivity contribution in [1.82, 2.24) is 0 Å². The molecule has 0 heterocycles. The predicted octanol–water partition coefficient (Wildman–Crippen LogP) is 14.9. The first-order chi connectivity index (χ1) is 23.3. The van der Waals surface area contributed by atoms with E-state index in [2.05, 4.69) is 16.7 Å². The zero-order valence-electron chi connectivity index (χ0n) is 31.4. The molecule has 0 atom stereocenters. The van der Waals surface area contributed by atoms with Crippen LogP contribution in [0.15, 0.2) is 30.3 Å². The van der Waals surface area contributed by atoms with Crippen molar-refractivity contribution < 1.29 is 15.7 Å². The maximum absolute atomic E-state index is 5.57. The zero-order valence-corrected chi connectivity index (χ0v) is 35.9. The molecule has 0 saturated heterocycles. The monoisotopic (exact) mass is 804 g/mol. The second kappa shape index (κ2) is 25.0. The van der Waals surface area contributed by atoms with Crippen molar-refractivity contribution in [2.45, 2.75) is 227 Å². The molecule has 0 bridgehead atoms. The molecule has 277 valence electrons. The SMILES string of the molecule is C1CCC([PH+](C2CCCCC2)C2CCCCC2)CC1.C1CCC([PH+](C2CCCCC2)C2CCCCC2)CC1.[CH3-].[Cl][Ru]=[CH]c1ccccc1. The molecule has 0 amide bonds. The van der Waals surface area contributed by atoms with E-state index in [1.165, 1.54) is 39.5 Å². The van der Waals surface area contributed by atoms with Crippen LogP contribution in [0.3, 0.4) is 0 Å². The number of halogens is 1. The molecule has 0 aliphatic heterocycles. The molecule has 0 unspecified atom stereocenters. The van der Waals surface area contributed by atoms with Gasteiger partial charge in [-0.15, -0.1) is 0 Å². The number of hydrogen-bond acceptors (Lipinski definition) is 0. The van der Waals surface area contributed by atoms with Gasteiger partial charge in [0.15, 0.2) is 0 Å². The molecule has 0 N–H and O–H groups in total. The van der Waals surface area contributed by atoms with Crippen molar-refractivity contribution in [3.63, 3.8) is 0 Å². The number of hydrogen-bond donors (Lipinski definition) is 0. The Bertz CT molecular complexity index is 794. The molecule has 4 heteroatoms. The summed E-state index contributed by atoms with van der Waals surface area (Å²) in [4.78, 5) is 0. The van der Waals surface area contributed by atoms with Gasteiger partial charge in [-0.2, -0.15) is 0 Å². The molecule has 7 rings (SSSR count). The number of benzene rings is 1. The molecule has 6 fully saturated rings. The van der Waals surface area contributed by atoms with Crippen LogP contribution < -0.4 is 0 Å². The van der Waals surface area contributed by atoms with Crippen molar-refractivity contribution in [1.29, 1.82) is 0 Å². The molecule has 6 aliphatic carbocycles. The molecular formula is C44H77ClP2Ru+. The molecule has 48 heavy (non-hydrogen) atoms. The summed E-state index contributed by atoms with van der Waals surface area (Å²) in [5.41, 5.74) is 8.59. The van der Waals surface area contributed by atoms with Crippen LogP contribution in [0.2, 0.25) is 0 Å². The summed E-state index contributed by atoms with van der Waals surface area (Å²) in [6.07, 6.45) is 47.6. The summed E-state index contributed by atoms with van der Waals surface area (Å²) in [5.74, 6) is 0. The van der Waals surface area contributed by atoms with Crippen LogP contribution in [-0.2, 0) is 15.7 Å². The van der Waals surface area contributed by atoms with Crippen LogP contribution in [0.25, 0.3) is 0 Å². The molecular weight excluding hydrogens is 727 g/mol. The van der Waals surface area contributed by atoms with Crippen LogP contribution in [0, 0.1) is 7.43 Å². The molecule has 6 saturated carbocycles. The van der Waals surface area contributed by atoms with Crippen molar-refractivity contribution in [3.8, 4) is 0 Å². The zero-order chi connectivity index (χ0) is 32.4. The van der Waals surface area contributed by atoms with Gasteiger partial charge in [-0.3, -0.25) is 0 Å². The summed E-state index contributed by atoms with van der Waals surface area (Å²) < 4.78 is 2.06. The quantitative estimate of drug-likeness (QED) is 0.146. The molecule has 0 nitrogen and oxygen atoms in total. The molecule has 1 aromatic rings. The van der Waals surface area contributed by atoms with Gasteiger partial charge < -0.3 is 7.43 Å². The van der Waals surface area contributed by atoms with Gasteiger partial charge in [0.2, 0.25) is 0 Å². The van der Waals surface area contributed by atoms with Crippen LogP contribution in [0.5, 0.6) is 0 Å². The summed E-state index contributed by atoms with van der Waals surface area (Å²) in [7, 11) is 5.48. The summed E-state index contributed by atoms with van der Waals surface area (Å²) in [6.45, 7) is 0. The Morgan fingerprint density at radius 2 is 0.625 bits per heavy atom. The van der Waals surface area contributed by atoms with Gasteiger partial charge in [-0.05, 0) is 154 Å². The minimum absolute atomic E-state index is 0. The Hall–Kier alpha value is 0.863. The van der Waals surface area contributed by atoms with Gasteiger partial charge in [0.25, 0.3) is 0 Å². The topological polar surface area (TPSA) is 0 Å². The Morgan fingerprint density at radius 1 is 0.396 bits per heavy atom. The molecule has 6 aliphatic rings. The normalized spacial score (nSPS) is 25.0. The first-order valence-corrected chi connectivity index (χ1v) is 27.9. The Balaban J connectivity index is 0.000000171. The van der Waals surface area contributed by atoms with Gasteiger partial charge >= 0.3 is 65.9 Å². The second-order valence-electron chi connectivity index (χ2n) is 16.6. The third-order valence-electron chi connectivity index (χ3n) is 13.4. The van der Waals surface area contributed by atoms with Crippen LogP contribution in [0.1, 0.15) is 198 Å². The van der Waals surface area contributed by atoms with E-state index in [4.69, 9.17) is 9.69 Å². The summed E-state index contributed by atoms with van der Waals surface area (Å²) in [5, 5.41) is 0. The fourth-order valence-corrected chi connectivity index (χ4v) is 22.7. The molecule has 0 spiro atoms. The van der Waals surface area contributed by atoms with Crippen molar-refractivity contribution in [2.75, 3.05) is 0 Å². The van der Waals surface area contributed by atoms with Crippen LogP contribution in [-0.4, -0.2) is 38.6 Å². The number of rotatable bonds is 7. The standard InChI is InChI=1S/2C18H33P.C7H6.CH3.ClH.Ru/c2*1-4-10-16(11-5-1)19(17-12-6-2-7-13-17)18-14-8-3-9-15-18;1-7-5-3-2-4-6-7;;;/h2*16-18H,1-15H2;1-6H;1H3;1H;/q;;;-1;;+1/p+1. The molecule has 0 aromatic heterocycles. The van der Waals surface area contributed by atoms with E-state index >= 15 is 0 Å². The second-order valence-corrected chi connectivity index (χ2v) is 25.3. The van der Waals surface area contributed by atoms with E-state index < -0.39 is 0 Å². The van der Waals surface area contributed by atoms with Gasteiger partial charge in [0.1, 0.15) is 0 Å². The first-order valence-electron chi connectivity index (χ1n) is 21.2. The van der Waals surface area contributed by atoms with E-state index in [1.54, 1.807) is 193 Å². The Labute approximate surface area is 313 Å². The summed E-state index contributed by atoms with van der Waals surface area (Å²) >= 11 is -0.0765. The fourth-order valence-electron chi connectivity index (χ4n) is 11.2. The van der Waals surface area contributed by atoms with Crippen molar-refractivity contribution in [2.24, 2.45) is 0 Å². The van der Waals surface area contributed by atoms with Gasteiger partial charge in [-0.25, -0.2) is 0 Å². The van der Waals surface area contributed by atoms with E-state index in [0.717, 1.165) is 0 Å². The van der Waals surface area contributed by atoms with Crippen molar-refractivity contribution >= 4 is 30.1 Å². The summed E-state index contributed by atoms with van der Waals surface area (Å²) in [6, 6.07) is 10.1. The average Bonchev–Trinajstić information content (AvgIpc) is 3.16. The molecule has 1 aromatic carbocycles. The predicted molar refractivity (Wildman–Crippen MR) is 222 cm³/mol. The van der Waals surface area contributed by atoms with E-state index in [1.807, 2.05) is 18.2 Å². The maximum atomic E-state index is 5.57. The third kappa shape index (κ3) is 14.0. The fraction of sp³-hybridized carbons (Fsp3) is 0.818. The van der Waals surface area contributed by atoms with E-state index in [0.29, 0.717) is 0 Å². The molecule has 0 radical (unpaired) electrons. The Kier molecular flexibility index (Phi) is 21.7. The van der Waals surface area contributed by atoms with Gasteiger partial charge in [0, 0.05) is 15.8 Å². The van der Waals surface area contributed by atoms with E-state index in [-0.39, 0.29) is 39.0 Å². The first kappa shape index (κ1) is 41.6. The average molecular weight is 805 g/mol. The minimum atomic E-state index is -0.0765. The Morgan fingerprint density at radius 3 is 0.833 bits per heavy atom.